The highest BCUT2D eigenvalue weighted by Gasteiger charge is 2.20. The number of anilines is 1. The van der Waals surface area contributed by atoms with Crippen molar-refractivity contribution in [2.45, 2.75) is 51.7 Å². The highest BCUT2D eigenvalue weighted by Crippen LogP contribution is 2.27. The van der Waals surface area contributed by atoms with E-state index in [2.05, 4.69) is 52.5 Å². The van der Waals surface area contributed by atoms with Gasteiger partial charge in [-0.15, -0.1) is 0 Å². The number of aromatic nitrogens is 1. The zero-order valence-corrected chi connectivity index (χ0v) is 18.2. The van der Waals surface area contributed by atoms with Gasteiger partial charge in [0, 0.05) is 31.8 Å². The minimum Gasteiger partial charge on any atom is -0.490 e. The van der Waals surface area contributed by atoms with E-state index in [0.717, 1.165) is 57.5 Å². The van der Waals surface area contributed by atoms with Crippen molar-refractivity contribution in [3.8, 4) is 5.75 Å². The van der Waals surface area contributed by atoms with Crippen LogP contribution in [-0.4, -0.2) is 43.9 Å². The third kappa shape index (κ3) is 5.96. The van der Waals surface area contributed by atoms with Gasteiger partial charge in [0.2, 0.25) is 0 Å². The number of piperidine rings is 1. The summed E-state index contributed by atoms with van der Waals surface area (Å²) in [6.07, 6.45) is 9.82. The molecule has 1 N–H and O–H groups in total. The van der Waals surface area contributed by atoms with Crippen LogP contribution in [0, 0.1) is 12.8 Å². The van der Waals surface area contributed by atoms with E-state index in [1.807, 2.05) is 12.4 Å². The smallest absolute Gasteiger partial charge is 0.139 e. The van der Waals surface area contributed by atoms with Crippen LogP contribution in [0.25, 0.3) is 0 Å². The molecule has 4 rings (SSSR count). The molecule has 1 atom stereocenters. The lowest BCUT2D eigenvalue weighted by molar-refractivity contribution is 0.103. The zero-order valence-electron chi connectivity index (χ0n) is 18.2. The first-order chi connectivity index (χ1) is 14.8. The second kappa shape index (κ2) is 10.8. The summed E-state index contributed by atoms with van der Waals surface area (Å²) in [6, 6.07) is 11.1. The number of aryl methyl sites for hydroxylation is 1. The van der Waals surface area contributed by atoms with Crippen molar-refractivity contribution in [3.63, 3.8) is 0 Å². The molecule has 0 radical (unpaired) electrons. The Hall–Kier alpha value is -2.11. The second-order valence-corrected chi connectivity index (χ2v) is 8.68. The predicted molar refractivity (Wildman–Crippen MR) is 121 cm³/mol. The predicted octanol–water partition coefficient (Wildman–Crippen LogP) is 4.34. The van der Waals surface area contributed by atoms with Gasteiger partial charge in [-0.25, -0.2) is 0 Å². The fourth-order valence-electron chi connectivity index (χ4n) is 4.44. The molecule has 2 aliphatic rings. The lowest BCUT2D eigenvalue weighted by Crippen LogP contribution is -2.34. The van der Waals surface area contributed by atoms with Crippen LogP contribution in [0.1, 0.15) is 43.2 Å². The molecule has 0 spiro atoms. The summed E-state index contributed by atoms with van der Waals surface area (Å²) in [5.74, 6) is 1.63. The van der Waals surface area contributed by atoms with E-state index in [0.29, 0.717) is 6.04 Å². The maximum atomic E-state index is 5.98. The van der Waals surface area contributed by atoms with Crippen LogP contribution < -0.4 is 15.0 Å². The van der Waals surface area contributed by atoms with Crippen LogP contribution in [0.5, 0.6) is 5.75 Å². The van der Waals surface area contributed by atoms with Gasteiger partial charge >= 0.3 is 0 Å². The highest BCUT2D eigenvalue weighted by atomic mass is 16.5. The monoisotopic (exact) mass is 409 g/mol. The van der Waals surface area contributed by atoms with Crippen molar-refractivity contribution in [1.29, 1.82) is 0 Å². The number of pyridine rings is 1. The van der Waals surface area contributed by atoms with Gasteiger partial charge in [-0.2, -0.15) is 0 Å². The summed E-state index contributed by atoms with van der Waals surface area (Å²) in [5.41, 5.74) is 3.79. The lowest BCUT2D eigenvalue weighted by atomic mass is 9.93. The average molecular weight is 410 g/mol. The highest BCUT2D eigenvalue weighted by molar-refractivity contribution is 5.48. The van der Waals surface area contributed by atoms with Gasteiger partial charge in [-0.05, 0) is 62.6 Å². The maximum absolute atomic E-state index is 5.98. The Morgan fingerprint density at radius 2 is 2.00 bits per heavy atom. The molecule has 5 nitrogen and oxygen atoms in total. The molecular weight excluding hydrogens is 374 g/mol. The van der Waals surface area contributed by atoms with E-state index in [-0.39, 0.29) is 0 Å². The van der Waals surface area contributed by atoms with E-state index >= 15 is 0 Å². The van der Waals surface area contributed by atoms with Crippen molar-refractivity contribution < 1.29 is 9.47 Å². The van der Waals surface area contributed by atoms with Gasteiger partial charge in [0.05, 0.1) is 24.7 Å². The molecule has 3 heterocycles. The van der Waals surface area contributed by atoms with Crippen molar-refractivity contribution in [1.82, 2.24) is 10.3 Å². The van der Waals surface area contributed by atoms with Gasteiger partial charge in [0.15, 0.2) is 0 Å². The largest absolute Gasteiger partial charge is 0.490 e. The number of rotatable bonds is 9. The van der Waals surface area contributed by atoms with Crippen molar-refractivity contribution in [2.75, 3.05) is 37.7 Å². The zero-order chi connectivity index (χ0) is 20.6. The topological polar surface area (TPSA) is 46.6 Å². The van der Waals surface area contributed by atoms with E-state index in [1.165, 1.54) is 42.5 Å². The van der Waals surface area contributed by atoms with Gasteiger partial charge in [0.1, 0.15) is 12.4 Å². The summed E-state index contributed by atoms with van der Waals surface area (Å²) < 4.78 is 11.9. The van der Waals surface area contributed by atoms with Crippen LogP contribution in [0.15, 0.2) is 42.7 Å². The normalized spacial score (nSPS) is 19.9. The molecule has 2 saturated heterocycles. The van der Waals surface area contributed by atoms with Gasteiger partial charge in [-0.1, -0.05) is 24.3 Å². The van der Waals surface area contributed by atoms with Crippen LogP contribution in [0.2, 0.25) is 0 Å². The van der Waals surface area contributed by atoms with Crippen LogP contribution in [-0.2, 0) is 11.3 Å². The molecule has 1 aromatic heterocycles. The lowest BCUT2D eigenvalue weighted by Gasteiger charge is -2.33. The van der Waals surface area contributed by atoms with Gasteiger partial charge < -0.3 is 19.7 Å². The molecule has 1 aromatic carbocycles. The number of ether oxygens (including phenoxy) is 2. The van der Waals surface area contributed by atoms with Gasteiger partial charge in [0.25, 0.3) is 0 Å². The number of nitrogens with zero attached hydrogens (tertiary/aromatic N) is 2. The van der Waals surface area contributed by atoms with E-state index in [9.17, 15) is 0 Å². The standard InChI is InChI=1S/C25H35N3O2/c1-20-5-2-3-6-22(20)18-29-14-10-21-8-12-28(13-9-21)24-15-25(17-26-16-24)30-19-23-7-4-11-27-23/h2-3,5-6,15-17,21,23,27H,4,7-14,18-19H2,1H3/t23-/m0/s1. The molecule has 162 valence electrons. The fourth-order valence-corrected chi connectivity index (χ4v) is 4.44. The quantitative estimate of drug-likeness (QED) is 0.624. The van der Waals surface area contributed by atoms with Crippen molar-refractivity contribution in [2.24, 2.45) is 5.92 Å². The van der Waals surface area contributed by atoms with E-state index < -0.39 is 0 Å². The first-order valence-electron chi connectivity index (χ1n) is 11.5. The number of hydrogen-bond donors (Lipinski definition) is 1. The van der Waals surface area contributed by atoms with Crippen molar-refractivity contribution >= 4 is 5.69 Å². The molecule has 2 fully saturated rings. The number of hydrogen-bond acceptors (Lipinski definition) is 5. The average Bonchev–Trinajstić information content (AvgIpc) is 3.31. The van der Waals surface area contributed by atoms with Crippen LogP contribution in [0.3, 0.4) is 0 Å². The van der Waals surface area contributed by atoms with Crippen LogP contribution in [0.4, 0.5) is 5.69 Å². The minimum atomic E-state index is 0.484. The minimum absolute atomic E-state index is 0.484. The SMILES string of the molecule is Cc1ccccc1COCCC1CCN(c2cncc(OC[C@@H]3CCCN3)c2)CC1. The van der Waals surface area contributed by atoms with E-state index in [1.54, 1.807) is 0 Å². The van der Waals surface area contributed by atoms with E-state index in [4.69, 9.17) is 9.47 Å². The molecule has 0 amide bonds. The molecular formula is C25H35N3O2. The third-order valence-corrected chi connectivity index (χ3v) is 6.48. The third-order valence-electron chi connectivity index (χ3n) is 6.48. The molecule has 0 unspecified atom stereocenters. The first-order valence-corrected chi connectivity index (χ1v) is 11.5. The summed E-state index contributed by atoms with van der Waals surface area (Å²) in [5, 5.41) is 3.48. The molecule has 0 saturated carbocycles. The van der Waals surface area contributed by atoms with Gasteiger partial charge in [-0.3, -0.25) is 4.98 Å². The maximum Gasteiger partial charge on any atom is 0.139 e. The summed E-state index contributed by atoms with van der Waals surface area (Å²) in [7, 11) is 0. The fraction of sp³-hybridized carbons (Fsp3) is 0.560. The molecule has 5 heteroatoms. The number of nitrogens with one attached hydrogen (secondary N) is 1. The molecule has 2 aliphatic heterocycles. The Kier molecular flexibility index (Phi) is 7.59. The Labute approximate surface area is 180 Å². The first kappa shape index (κ1) is 21.1. The summed E-state index contributed by atoms with van der Waals surface area (Å²) >= 11 is 0. The molecule has 2 aromatic rings. The van der Waals surface area contributed by atoms with Crippen LogP contribution >= 0.6 is 0 Å². The number of benzene rings is 1. The molecule has 30 heavy (non-hydrogen) atoms. The Bertz CT molecular complexity index is 783. The second-order valence-electron chi connectivity index (χ2n) is 8.68. The summed E-state index contributed by atoms with van der Waals surface area (Å²) in [4.78, 5) is 6.86. The summed E-state index contributed by atoms with van der Waals surface area (Å²) in [6.45, 7) is 7.72. The Morgan fingerprint density at radius 3 is 2.80 bits per heavy atom. The molecule has 0 aliphatic carbocycles. The molecule has 0 bridgehead atoms. The van der Waals surface area contributed by atoms with Crippen molar-refractivity contribution in [3.05, 3.63) is 53.9 Å². The Balaban J connectivity index is 1.17. The Morgan fingerprint density at radius 1 is 1.13 bits per heavy atom.